The number of hydrogen-bond acceptors (Lipinski definition) is 4. The number of aromatic nitrogens is 2. The van der Waals surface area contributed by atoms with Gasteiger partial charge in [-0.25, -0.2) is 4.98 Å². The third kappa shape index (κ3) is 3.03. The lowest BCUT2D eigenvalue weighted by Crippen LogP contribution is -2.26. The van der Waals surface area contributed by atoms with Gasteiger partial charge in [-0.2, -0.15) is 4.98 Å². The van der Waals surface area contributed by atoms with Gasteiger partial charge < -0.3 is 10.2 Å². The third-order valence-corrected chi connectivity index (χ3v) is 5.06. The van der Waals surface area contributed by atoms with Crippen LogP contribution in [0, 0.1) is 0 Å². The Balaban J connectivity index is 1.60. The number of aryl methyl sites for hydroxylation is 1. The van der Waals surface area contributed by atoms with E-state index in [-0.39, 0.29) is 0 Å². The lowest BCUT2D eigenvalue weighted by atomic mass is 10.0. The van der Waals surface area contributed by atoms with E-state index >= 15 is 0 Å². The van der Waals surface area contributed by atoms with Crippen molar-refractivity contribution < 1.29 is 0 Å². The second kappa shape index (κ2) is 6.45. The van der Waals surface area contributed by atoms with E-state index in [0.29, 0.717) is 6.04 Å². The number of hydrogen-bond donors (Lipinski definition) is 1. The van der Waals surface area contributed by atoms with Gasteiger partial charge in [-0.15, -0.1) is 0 Å². The fourth-order valence-electron chi connectivity index (χ4n) is 3.56. The van der Waals surface area contributed by atoms with Crippen molar-refractivity contribution in [2.45, 2.75) is 31.7 Å². The Labute approximate surface area is 153 Å². The van der Waals surface area contributed by atoms with Crippen LogP contribution >= 0.6 is 0 Å². The SMILES string of the molecule is c1ccc(-c2cc(NC3CC3)nc(N3CCCc4ccccc43)n2)cc1. The number of nitrogens with zero attached hydrogens (tertiary/aromatic N) is 3. The van der Waals surface area contributed by atoms with E-state index in [1.807, 2.05) is 6.07 Å². The molecular weight excluding hydrogens is 320 g/mol. The van der Waals surface area contributed by atoms with Gasteiger partial charge in [0.15, 0.2) is 0 Å². The highest BCUT2D eigenvalue weighted by Gasteiger charge is 2.24. The van der Waals surface area contributed by atoms with Gasteiger partial charge >= 0.3 is 0 Å². The molecule has 0 unspecified atom stereocenters. The summed E-state index contributed by atoms with van der Waals surface area (Å²) in [6.07, 6.45) is 4.71. The minimum Gasteiger partial charge on any atom is -0.367 e. The molecule has 0 saturated heterocycles. The van der Waals surface area contributed by atoms with Crippen LogP contribution in [-0.4, -0.2) is 22.6 Å². The average molecular weight is 342 g/mol. The van der Waals surface area contributed by atoms with Crippen molar-refractivity contribution in [1.29, 1.82) is 0 Å². The fourth-order valence-corrected chi connectivity index (χ4v) is 3.56. The molecule has 130 valence electrons. The van der Waals surface area contributed by atoms with E-state index in [4.69, 9.17) is 9.97 Å². The van der Waals surface area contributed by atoms with Crippen molar-refractivity contribution in [1.82, 2.24) is 9.97 Å². The first-order valence-corrected chi connectivity index (χ1v) is 9.43. The number of para-hydroxylation sites is 1. The Morgan fingerprint density at radius 3 is 2.58 bits per heavy atom. The summed E-state index contributed by atoms with van der Waals surface area (Å²) in [5.41, 5.74) is 4.72. The Morgan fingerprint density at radius 2 is 1.73 bits per heavy atom. The standard InChI is InChI=1S/C22H22N4/c1-2-7-16(8-3-1)19-15-21(23-18-12-13-18)25-22(24-19)26-14-6-10-17-9-4-5-11-20(17)26/h1-5,7-9,11,15,18H,6,10,12-14H2,(H,23,24,25). The fraction of sp³-hybridized carbons (Fsp3) is 0.273. The minimum atomic E-state index is 0.565. The molecule has 1 aliphatic carbocycles. The first kappa shape index (κ1) is 15.4. The van der Waals surface area contributed by atoms with Crippen molar-refractivity contribution in [3.8, 4) is 11.3 Å². The maximum Gasteiger partial charge on any atom is 0.232 e. The predicted octanol–water partition coefficient (Wildman–Crippen LogP) is 4.80. The van der Waals surface area contributed by atoms with Crippen LogP contribution in [0.15, 0.2) is 60.7 Å². The molecule has 2 aromatic carbocycles. The topological polar surface area (TPSA) is 41.1 Å². The Hall–Kier alpha value is -2.88. The van der Waals surface area contributed by atoms with E-state index in [2.05, 4.69) is 64.8 Å². The largest absolute Gasteiger partial charge is 0.367 e. The highest BCUT2D eigenvalue weighted by Crippen LogP contribution is 2.34. The van der Waals surface area contributed by atoms with Crippen LogP contribution < -0.4 is 10.2 Å². The van der Waals surface area contributed by atoms with Gasteiger partial charge in [0.25, 0.3) is 0 Å². The molecule has 4 nitrogen and oxygen atoms in total. The zero-order chi connectivity index (χ0) is 17.3. The van der Waals surface area contributed by atoms with Gasteiger partial charge in [0.1, 0.15) is 5.82 Å². The van der Waals surface area contributed by atoms with E-state index < -0.39 is 0 Å². The van der Waals surface area contributed by atoms with Crippen molar-refractivity contribution in [2.24, 2.45) is 0 Å². The Bertz CT molecular complexity index is 918. The third-order valence-electron chi connectivity index (χ3n) is 5.06. The number of benzene rings is 2. The molecule has 1 aliphatic heterocycles. The first-order valence-electron chi connectivity index (χ1n) is 9.43. The smallest absolute Gasteiger partial charge is 0.232 e. The molecular formula is C22H22N4. The van der Waals surface area contributed by atoms with E-state index in [1.165, 1.54) is 24.1 Å². The molecule has 1 N–H and O–H groups in total. The maximum atomic E-state index is 4.93. The summed E-state index contributed by atoms with van der Waals surface area (Å²) in [4.78, 5) is 12.1. The summed E-state index contributed by atoms with van der Waals surface area (Å²) in [7, 11) is 0. The highest BCUT2D eigenvalue weighted by molar-refractivity contribution is 5.69. The zero-order valence-electron chi connectivity index (χ0n) is 14.7. The van der Waals surface area contributed by atoms with Crippen LogP contribution in [0.2, 0.25) is 0 Å². The average Bonchev–Trinajstić information content (AvgIpc) is 3.52. The number of fused-ring (bicyclic) bond motifs is 1. The van der Waals surface area contributed by atoms with Crippen molar-refractivity contribution in [2.75, 3.05) is 16.8 Å². The quantitative estimate of drug-likeness (QED) is 0.739. The molecule has 1 fully saturated rings. The predicted molar refractivity (Wildman–Crippen MR) is 106 cm³/mol. The normalized spacial score (nSPS) is 16.2. The van der Waals surface area contributed by atoms with Crippen LogP contribution in [0.3, 0.4) is 0 Å². The number of anilines is 3. The lowest BCUT2D eigenvalue weighted by Gasteiger charge is -2.30. The zero-order valence-corrected chi connectivity index (χ0v) is 14.7. The highest BCUT2D eigenvalue weighted by atomic mass is 15.3. The van der Waals surface area contributed by atoms with Gasteiger partial charge in [-0.1, -0.05) is 48.5 Å². The van der Waals surface area contributed by atoms with Crippen molar-refractivity contribution in [3.63, 3.8) is 0 Å². The molecule has 0 spiro atoms. The van der Waals surface area contributed by atoms with Crippen LogP contribution in [0.1, 0.15) is 24.8 Å². The summed E-state index contributed by atoms with van der Waals surface area (Å²) < 4.78 is 0. The molecule has 1 aromatic heterocycles. The van der Waals surface area contributed by atoms with Crippen LogP contribution in [0.5, 0.6) is 0 Å². The molecule has 26 heavy (non-hydrogen) atoms. The van der Waals surface area contributed by atoms with E-state index in [9.17, 15) is 0 Å². The Morgan fingerprint density at radius 1 is 0.923 bits per heavy atom. The van der Waals surface area contributed by atoms with Gasteiger partial charge in [0.05, 0.1) is 5.69 Å². The maximum absolute atomic E-state index is 4.93. The van der Waals surface area contributed by atoms with Gasteiger partial charge in [-0.3, -0.25) is 0 Å². The molecule has 4 heteroatoms. The Kier molecular flexibility index (Phi) is 3.81. The van der Waals surface area contributed by atoms with E-state index in [1.54, 1.807) is 0 Å². The first-order chi connectivity index (χ1) is 12.9. The summed E-state index contributed by atoms with van der Waals surface area (Å²) in [5, 5.41) is 3.55. The second-order valence-electron chi connectivity index (χ2n) is 7.11. The molecule has 1 saturated carbocycles. The van der Waals surface area contributed by atoms with Crippen LogP contribution in [0.25, 0.3) is 11.3 Å². The molecule has 0 amide bonds. The molecule has 2 heterocycles. The van der Waals surface area contributed by atoms with Gasteiger partial charge in [0.2, 0.25) is 5.95 Å². The molecule has 2 aliphatic rings. The van der Waals surface area contributed by atoms with Gasteiger partial charge in [-0.05, 0) is 37.3 Å². The second-order valence-corrected chi connectivity index (χ2v) is 7.11. The summed E-state index contributed by atoms with van der Waals surface area (Å²) in [6, 6.07) is 21.6. The molecule has 0 radical (unpaired) electrons. The molecule has 0 atom stereocenters. The number of nitrogens with one attached hydrogen (secondary N) is 1. The monoisotopic (exact) mass is 342 g/mol. The summed E-state index contributed by atoms with van der Waals surface area (Å²) >= 11 is 0. The minimum absolute atomic E-state index is 0.565. The van der Waals surface area contributed by atoms with Crippen LogP contribution in [-0.2, 0) is 6.42 Å². The molecule has 5 rings (SSSR count). The summed E-state index contributed by atoms with van der Waals surface area (Å²) in [5.74, 6) is 1.72. The number of rotatable bonds is 4. The lowest BCUT2D eigenvalue weighted by molar-refractivity contribution is 0.751. The summed E-state index contributed by atoms with van der Waals surface area (Å²) in [6.45, 7) is 0.956. The van der Waals surface area contributed by atoms with Crippen molar-refractivity contribution >= 4 is 17.5 Å². The van der Waals surface area contributed by atoms with Crippen molar-refractivity contribution in [3.05, 3.63) is 66.2 Å². The molecule has 3 aromatic rings. The molecule has 0 bridgehead atoms. The van der Waals surface area contributed by atoms with Crippen LogP contribution in [0.4, 0.5) is 17.5 Å². The van der Waals surface area contributed by atoms with E-state index in [0.717, 1.165) is 42.4 Å². The van der Waals surface area contributed by atoms with Gasteiger partial charge in [0, 0.05) is 29.9 Å².